The topological polar surface area (TPSA) is 125 Å². The van der Waals surface area contributed by atoms with E-state index in [0.29, 0.717) is 28.7 Å². The van der Waals surface area contributed by atoms with E-state index in [9.17, 15) is 19.2 Å². The molecule has 1 saturated heterocycles. The Morgan fingerprint density at radius 3 is 2.48 bits per heavy atom. The van der Waals surface area contributed by atoms with Gasteiger partial charge >= 0.3 is 11.9 Å². The lowest BCUT2D eigenvalue weighted by molar-refractivity contribution is -0.128. The first-order valence-corrected chi connectivity index (χ1v) is 11.2. The molecule has 3 rings (SSSR count). The molecule has 0 unspecified atom stereocenters. The Labute approximate surface area is 194 Å². The third kappa shape index (κ3) is 5.98. The molecule has 0 aromatic heterocycles. The smallest absolute Gasteiger partial charge is 0.338 e. The van der Waals surface area contributed by atoms with Crippen molar-refractivity contribution in [1.82, 2.24) is 4.90 Å². The van der Waals surface area contributed by atoms with Crippen molar-refractivity contribution < 1.29 is 29.0 Å². The number of ether oxygens (including phenoxy) is 1. The van der Waals surface area contributed by atoms with Crippen LogP contribution in [-0.4, -0.2) is 57.3 Å². The molecule has 0 saturated carbocycles. The zero-order valence-electron chi connectivity index (χ0n) is 18.1. The quantitative estimate of drug-likeness (QED) is 0.567. The van der Waals surface area contributed by atoms with Crippen molar-refractivity contribution in [3.63, 3.8) is 0 Å². The first-order chi connectivity index (χ1) is 15.8. The molecule has 9 nitrogen and oxygen atoms in total. The number of benzene rings is 2. The summed E-state index contributed by atoms with van der Waals surface area (Å²) in [5.41, 5.74) is 1.37. The predicted octanol–water partition coefficient (Wildman–Crippen LogP) is 3.54. The van der Waals surface area contributed by atoms with Gasteiger partial charge in [0.25, 0.3) is 0 Å². The van der Waals surface area contributed by atoms with Crippen LogP contribution < -0.4 is 5.32 Å². The average molecular weight is 470 g/mol. The second-order valence-electron chi connectivity index (χ2n) is 6.99. The van der Waals surface area contributed by atoms with Crippen LogP contribution in [0.1, 0.15) is 41.0 Å². The fraction of sp³-hybridized carbons (Fsp3) is 0.261. The first-order valence-electron chi connectivity index (χ1n) is 10.3. The van der Waals surface area contributed by atoms with Crippen LogP contribution in [0.4, 0.5) is 11.4 Å². The molecular formula is C23H23N3O6S. The van der Waals surface area contributed by atoms with Crippen LogP contribution in [0, 0.1) is 0 Å². The molecule has 1 atom stereocenters. The van der Waals surface area contributed by atoms with Crippen LogP contribution in [0.25, 0.3) is 0 Å². The van der Waals surface area contributed by atoms with Crippen LogP contribution in [0.3, 0.4) is 0 Å². The molecule has 10 heteroatoms. The van der Waals surface area contributed by atoms with E-state index in [-0.39, 0.29) is 24.5 Å². The molecule has 0 bridgehead atoms. The van der Waals surface area contributed by atoms with Crippen LogP contribution in [0.5, 0.6) is 0 Å². The molecule has 2 N–H and O–H groups in total. The van der Waals surface area contributed by atoms with Crippen molar-refractivity contribution in [3.05, 3.63) is 59.7 Å². The number of hydrogen-bond acceptors (Lipinski definition) is 7. The summed E-state index contributed by atoms with van der Waals surface area (Å²) in [5, 5.41) is 11.5. The van der Waals surface area contributed by atoms with Crippen molar-refractivity contribution in [3.8, 4) is 0 Å². The van der Waals surface area contributed by atoms with Crippen molar-refractivity contribution in [2.75, 3.05) is 18.5 Å². The monoisotopic (exact) mass is 469 g/mol. The van der Waals surface area contributed by atoms with Crippen LogP contribution in [0.2, 0.25) is 0 Å². The molecule has 1 aliphatic rings. The third-order valence-electron chi connectivity index (χ3n) is 4.70. The van der Waals surface area contributed by atoms with E-state index in [1.54, 1.807) is 37.3 Å². The van der Waals surface area contributed by atoms with Crippen molar-refractivity contribution >= 4 is 52.1 Å². The number of nitrogens with zero attached hydrogens (tertiary/aromatic N) is 2. The summed E-state index contributed by atoms with van der Waals surface area (Å²) in [7, 11) is 0. The number of carboxylic acids is 1. The molecule has 1 fully saturated rings. The Morgan fingerprint density at radius 1 is 1.12 bits per heavy atom. The third-order valence-corrected chi connectivity index (χ3v) is 5.88. The van der Waals surface area contributed by atoms with Crippen molar-refractivity contribution in [1.29, 1.82) is 0 Å². The molecule has 1 aliphatic heterocycles. The van der Waals surface area contributed by atoms with Gasteiger partial charge in [0.15, 0.2) is 5.17 Å². The van der Waals surface area contributed by atoms with Gasteiger partial charge in [-0.15, -0.1) is 0 Å². The van der Waals surface area contributed by atoms with Gasteiger partial charge in [-0.3, -0.25) is 14.5 Å². The fourth-order valence-corrected chi connectivity index (χ4v) is 4.35. The number of hydrogen-bond donors (Lipinski definition) is 2. The van der Waals surface area contributed by atoms with Crippen molar-refractivity contribution in [2.45, 2.75) is 25.5 Å². The number of carbonyl (C=O) groups is 4. The molecule has 172 valence electrons. The van der Waals surface area contributed by atoms with Crippen LogP contribution >= 0.6 is 11.8 Å². The summed E-state index contributed by atoms with van der Waals surface area (Å²) in [6.45, 7) is 4.23. The predicted molar refractivity (Wildman–Crippen MR) is 125 cm³/mol. The largest absolute Gasteiger partial charge is 0.478 e. The highest BCUT2D eigenvalue weighted by molar-refractivity contribution is 8.15. The number of carboxylic acid groups (broad SMARTS) is 1. The molecule has 2 aromatic rings. The minimum atomic E-state index is -1.10. The minimum absolute atomic E-state index is 0.0553. The summed E-state index contributed by atoms with van der Waals surface area (Å²) in [6.07, 6.45) is -0.0852. The average Bonchev–Trinajstić information content (AvgIpc) is 3.08. The van der Waals surface area contributed by atoms with Gasteiger partial charge in [-0.05, 0) is 56.3 Å². The number of thioether (sulfide) groups is 1. The standard InChI is InChI=1S/C23H23N3O6S/c1-3-26-20(28)18(13-19(27)24-17-7-5-6-15(12-17)21(29)30)33-23(26)25-16-10-8-14(9-11-16)22(31)32-4-2/h5-12,18H,3-4,13H2,1-2H3,(H,24,27)(H,29,30)/t18-/m0/s1. The number of anilines is 1. The molecule has 0 aliphatic carbocycles. The van der Waals surface area contributed by atoms with Gasteiger partial charge in [0.05, 0.1) is 23.4 Å². The lowest BCUT2D eigenvalue weighted by Crippen LogP contribution is -2.33. The Bertz CT molecular complexity index is 1100. The van der Waals surface area contributed by atoms with Gasteiger partial charge in [0.1, 0.15) is 5.25 Å². The van der Waals surface area contributed by atoms with E-state index < -0.39 is 23.1 Å². The fourth-order valence-electron chi connectivity index (χ4n) is 3.12. The number of esters is 1. The second kappa shape index (κ2) is 10.8. The molecular weight excluding hydrogens is 446 g/mol. The maximum absolute atomic E-state index is 12.8. The number of carbonyl (C=O) groups excluding carboxylic acids is 3. The van der Waals surface area contributed by atoms with E-state index in [4.69, 9.17) is 9.84 Å². The van der Waals surface area contributed by atoms with Gasteiger partial charge in [0.2, 0.25) is 11.8 Å². The molecule has 2 aromatic carbocycles. The molecule has 0 radical (unpaired) electrons. The highest BCUT2D eigenvalue weighted by Gasteiger charge is 2.38. The summed E-state index contributed by atoms with van der Waals surface area (Å²) in [5.74, 6) is -2.14. The van der Waals surface area contributed by atoms with Crippen molar-refractivity contribution in [2.24, 2.45) is 4.99 Å². The molecule has 33 heavy (non-hydrogen) atoms. The maximum atomic E-state index is 12.8. The van der Waals surface area contributed by atoms with E-state index in [0.717, 1.165) is 0 Å². The summed E-state index contributed by atoms with van der Waals surface area (Å²) >= 11 is 1.19. The SMILES string of the molecule is CCOC(=O)c1ccc(N=C2S[C@@H](CC(=O)Nc3cccc(C(=O)O)c3)C(=O)N2CC)cc1. The number of aliphatic imine (C=N–C) groups is 1. The molecule has 2 amide bonds. The minimum Gasteiger partial charge on any atom is -0.478 e. The van der Waals surface area contributed by atoms with Gasteiger partial charge < -0.3 is 15.2 Å². The van der Waals surface area contributed by atoms with E-state index in [1.165, 1.54) is 34.9 Å². The number of aromatic carboxylic acids is 1. The van der Waals surface area contributed by atoms with Gasteiger partial charge in [-0.25, -0.2) is 14.6 Å². The summed E-state index contributed by atoms with van der Waals surface area (Å²) in [4.78, 5) is 54.2. The summed E-state index contributed by atoms with van der Waals surface area (Å²) in [6, 6.07) is 12.4. The van der Waals surface area contributed by atoms with Gasteiger partial charge in [-0.2, -0.15) is 0 Å². The second-order valence-corrected chi connectivity index (χ2v) is 8.16. The number of nitrogens with one attached hydrogen (secondary N) is 1. The Hall–Kier alpha value is -3.66. The van der Waals surface area contributed by atoms with E-state index >= 15 is 0 Å². The van der Waals surface area contributed by atoms with E-state index in [2.05, 4.69) is 10.3 Å². The first kappa shape index (κ1) is 24.0. The lowest BCUT2D eigenvalue weighted by atomic mass is 10.2. The maximum Gasteiger partial charge on any atom is 0.338 e. The normalized spacial score (nSPS) is 16.7. The zero-order chi connectivity index (χ0) is 24.0. The van der Waals surface area contributed by atoms with Gasteiger partial charge in [-0.1, -0.05) is 17.8 Å². The van der Waals surface area contributed by atoms with Crippen LogP contribution in [0.15, 0.2) is 53.5 Å². The lowest BCUT2D eigenvalue weighted by Gasteiger charge is -2.13. The zero-order valence-corrected chi connectivity index (χ0v) is 18.9. The highest BCUT2D eigenvalue weighted by Crippen LogP contribution is 2.31. The Kier molecular flexibility index (Phi) is 7.83. The number of amides is 2. The Morgan fingerprint density at radius 2 is 1.85 bits per heavy atom. The molecule has 0 spiro atoms. The van der Waals surface area contributed by atoms with E-state index in [1.807, 2.05) is 6.92 Å². The highest BCUT2D eigenvalue weighted by atomic mass is 32.2. The summed E-state index contributed by atoms with van der Waals surface area (Å²) < 4.78 is 4.96. The molecule has 1 heterocycles. The van der Waals surface area contributed by atoms with Crippen LogP contribution in [-0.2, 0) is 14.3 Å². The Balaban J connectivity index is 1.69. The number of amidine groups is 1. The number of rotatable bonds is 8. The van der Waals surface area contributed by atoms with Gasteiger partial charge in [0, 0.05) is 18.7 Å².